The molecule has 1 radical (unpaired) electrons. The molecule has 0 spiro atoms. The number of carbonyl (C=O) groups is 1. The highest BCUT2D eigenvalue weighted by Crippen LogP contribution is 1.94. The molecule has 0 amide bonds. The Balaban J connectivity index is 2.83. The van der Waals surface area contributed by atoms with Crippen LogP contribution in [-0.4, -0.2) is 5.97 Å². The van der Waals surface area contributed by atoms with Crippen LogP contribution in [0.4, 0.5) is 0 Å². The molecule has 0 unspecified atom stereocenters. The van der Waals surface area contributed by atoms with Crippen LogP contribution in [0.3, 0.4) is 0 Å². The van der Waals surface area contributed by atoms with Crippen LogP contribution >= 0.6 is 0 Å². The van der Waals surface area contributed by atoms with Crippen LogP contribution in [-0.2, 0) is 9.90 Å². The average Bonchev–Trinajstić information content (AvgIpc) is 2.03. The van der Waals surface area contributed by atoms with Crippen molar-refractivity contribution >= 4 is 5.97 Å². The fourth-order valence-corrected chi connectivity index (χ4v) is 0.645. The molecule has 0 saturated heterocycles. The first-order valence-corrected chi connectivity index (χ1v) is 3.07. The Hall–Kier alpha value is -1.75. The predicted molar refractivity (Wildman–Crippen MR) is 39.0 cm³/mol. The van der Waals surface area contributed by atoms with E-state index in [2.05, 4.69) is 5.92 Å². The molecule has 0 heterocycles. The summed E-state index contributed by atoms with van der Waals surface area (Å²) in [7, 11) is 0. The highest BCUT2D eigenvalue weighted by molar-refractivity contribution is 5.86. The second kappa shape index (κ2) is 3.43. The zero-order valence-electron chi connectivity index (χ0n) is 5.70. The van der Waals surface area contributed by atoms with E-state index < -0.39 is 5.97 Å². The maximum atomic E-state index is 9.89. The molecular formula is C9H5O2. The molecule has 0 atom stereocenters. The normalized spacial score (nSPS) is 8.00. The van der Waals surface area contributed by atoms with Gasteiger partial charge in [-0.05, 0) is 12.1 Å². The molecule has 53 valence electrons. The molecule has 0 aromatic heterocycles. The van der Waals surface area contributed by atoms with E-state index in [4.69, 9.17) is 0 Å². The third-order valence-corrected chi connectivity index (χ3v) is 1.08. The molecule has 11 heavy (non-hydrogen) atoms. The SMILES string of the molecule is [O]C(=O)C#Cc1ccccc1. The van der Waals surface area contributed by atoms with Crippen LogP contribution in [0.5, 0.6) is 0 Å². The van der Waals surface area contributed by atoms with Gasteiger partial charge in [-0.25, -0.2) is 9.90 Å². The van der Waals surface area contributed by atoms with Crippen LogP contribution in [0.25, 0.3) is 0 Å². The van der Waals surface area contributed by atoms with Crippen molar-refractivity contribution in [3.63, 3.8) is 0 Å². The lowest BCUT2D eigenvalue weighted by atomic mass is 10.2. The third-order valence-electron chi connectivity index (χ3n) is 1.08. The van der Waals surface area contributed by atoms with Crippen LogP contribution in [0, 0.1) is 11.8 Å². The number of rotatable bonds is 0. The Kier molecular flexibility index (Phi) is 2.29. The van der Waals surface area contributed by atoms with Gasteiger partial charge in [0, 0.05) is 11.5 Å². The minimum atomic E-state index is -1.35. The first-order valence-electron chi connectivity index (χ1n) is 3.07. The van der Waals surface area contributed by atoms with Gasteiger partial charge in [0.15, 0.2) is 0 Å². The minimum absolute atomic E-state index is 0.678. The van der Waals surface area contributed by atoms with Crippen LogP contribution in [0.1, 0.15) is 5.56 Å². The quantitative estimate of drug-likeness (QED) is 0.501. The lowest BCUT2D eigenvalue weighted by Gasteiger charge is -1.83. The Morgan fingerprint density at radius 2 is 1.82 bits per heavy atom. The molecule has 1 rings (SSSR count). The predicted octanol–water partition coefficient (Wildman–Crippen LogP) is 0.995. The molecule has 0 saturated carbocycles. The number of hydrogen-bond acceptors (Lipinski definition) is 1. The first kappa shape index (κ1) is 7.36. The maximum Gasteiger partial charge on any atom is 0.430 e. The summed E-state index contributed by atoms with van der Waals surface area (Å²) < 4.78 is 0. The Morgan fingerprint density at radius 3 is 2.36 bits per heavy atom. The van der Waals surface area contributed by atoms with Crippen LogP contribution in [0.2, 0.25) is 0 Å². The smallest absolute Gasteiger partial charge is 0.231 e. The van der Waals surface area contributed by atoms with Gasteiger partial charge in [0.25, 0.3) is 0 Å². The molecule has 0 N–H and O–H groups in total. The van der Waals surface area contributed by atoms with Crippen molar-refractivity contribution in [1.82, 2.24) is 0 Å². The number of carbonyl (C=O) groups excluding carboxylic acids is 1. The molecule has 2 nitrogen and oxygen atoms in total. The standard InChI is InChI=1S/C9H5O2/c10-9(11)7-6-8-4-2-1-3-5-8/h1-5H. The van der Waals surface area contributed by atoms with E-state index in [0.717, 1.165) is 0 Å². The topological polar surface area (TPSA) is 37.0 Å². The van der Waals surface area contributed by atoms with Crippen molar-refractivity contribution in [1.29, 1.82) is 0 Å². The fourth-order valence-electron chi connectivity index (χ4n) is 0.645. The van der Waals surface area contributed by atoms with Gasteiger partial charge >= 0.3 is 5.97 Å². The largest absolute Gasteiger partial charge is 0.430 e. The summed E-state index contributed by atoms with van der Waals surface area (Å²) in [5.41, 5.74) is 0.678. The molecule has 0 aliphatic carbocycles. The summed E-state index contributed by atoms with van der Waals surface area (Å²) in [4.78, 5) is 9.89. The maximum absolute atomic E-state index is 9.89. The highest BCUT2D eigenvalue weighted by atomic mass is 16.4. The lowest BCUT2D eigenvalue weighted by Crippen LogP contribution is -1.84. The number of hydrogen-bond donors (Lipinski definition) is 0. The van der Waals surface area contributed by atoms with Gasteiger partial charge in [-0.2, -0.15) is 0 Å². The van der Waals surface area contributed by atoms with Gasteiger partial charge in [-0.15, -0.1) is 0 Å². The summed E-state index contributed by atoms with van der Waals surface area (Å²) in [5, 5.41) is 9.89. The van der Waals surface area contributed by atoms with Crippen molar-refractivity contribution in [2.45, 2.75) is 0 Å². The van der Waals surface area contributed by atoms with E-state index in [9.17, 15) is 9.90 Å². The third kappa shape index (κ3) is 2.55. The van der Waals surface area contributed by atoms with E-state index in [1.54, 1.807) is 24.3 Å². The molecule has 2 heteroatoms. The Bertz CT molecular complexity index is 303. The van der Waals surface area contributed by atoms with Gasteiger partial charge < -0.3 is 0 Å². The fraction of sp³-hybridized carbons (Fsp3) is 0. The minimum Gasteiger partial charge on any atom is -0.231 e. The van der Waals surface area contributed by atoms with E-state index in [1.165, 1.54) is 0 Å². The van der Waals surface area contributed by atoms with Crippen molar-refractivity contribution < 1.29 is 9.90 Å². The van der Waals surface area contributed by atoms with Crippen molar-refractivity contribution in [2.75, 3.05) is 0 Å². The molecular weight excluding hydrogens is 140 g/mol. The average molecular weight is 145 g/mol. The summed E-state index contributed by atoms with van der Waals surface area (Å²) in [5.74, 6) is 3.00. The molecule has 0 aliphatic heterocycles. The number of benzene rings is 1. The van der Waals surface area contributed by atoms with E-state index in [-0.39, 0.29) is 0 Å². The van der Waals surface area contributed by atoms with Gasteiger partial charge in [-0.1, -0.05) is 24.1 Å². The molecule has 0 aliphatic rings. The highest BCUT2D eigenvalue weighted by Gasteiger charge is 1.87. The lowest BCUT2D eigenvalue weighted by molar-refractivity contribution is -0.136. The van der Waals surface area contributed by atoms with E-state index in [1.807, 2.05) is 12.0 Å². The molecule has 1 aromatic rings. The molecule has 0 bridgehead atoms. The van der Waals surface area contributed by atoms with Crippen molar-refractivity contribution in [2.24, 2.45) is 0 Å². The Morgan fingerprint density at radius 1 is 1.18 bits per heavy atom. The summed E-state index contributed by atoms with van der Waals surface area (Å²) in [6.45, 7) is 0. The zero-order chi connectivity index (χ0) is 8.10. The monoisotopic (exact) mass is 145 g/mol. The zero-order valence-corrected chi connectivity index (χ0v) is 5.70. The summed E-state index contributed by atoms with van der Waals surface area (Å²) in [6, 6.07) is 8.88. The van der Waals surface area contributed by atoms with Crippen LogP contribution < -0.4 is 0 Å². The van der Waals surface area contributed by atoms with Crippen molar-refractivity contribution in [3.8, 4) is 11.8 Å². The van der Waals surface area contributed by atoms with Crippen LogP contribution in [0.15, 0.2) is 30.3 Å². The molecule has 0 fully saturated rings. The first-order chi connectivity index (χ1) is 5.29. The van der Waals surface area contributed by atoms with Gasteiger partial charge in [0.2, 0.25) is 0 Å². The summed E-state index contributed by atoms with van der Waals surface area (Å²) in [6.07, 6.45) is 0. The van der Waals surface area contributed by atoms with E-state index in [0.29, 0.717) is 5.56 Å². The van der Waals surface area contributed by atoms with Gasteiger partial charge in [0.05, 0.1) is 0 Å². The second-order valence-corrected chi connectivity index (χ2v) is 1.90. The van der Waals surface area contributed by atoms with Gasteiger partial charge in [0.1, 0.15) is 0 Å². The Labute approximate surface area is 64.5 Å². The molecule has 1 aromatic carbocycles. The van der Waals surface area contributed by atoms with Crippen molar-refractivity contribution in [3.05, 3.63) is 35.9 Å². The second-order valence-electron chi connectivity index (χ2n) is 1.90. The summed E-state index contributed by atoms with van der Waals surface area (Å²) >= 11 is 0. The van der Waals surface area contributed by atoms with Gasteiger partial charge in [-0.3, -0.25) is 0 Å². The van der Waals surface area contributed by atoms with E-state index >= 15 is 0 Å².